The Morgan fingerprint density at radius 1 is 1.14 bits per heavy atom. The van der Waals surface area contributed by atoms with Gasteiger partial charge in [0, 0.05) is 40.3 Å². The molecule has 1 unspecified atom stereocenters. The first-order valence-electron chi connectivity index (χ1n) is 12.0. The van der Waals surface area contributed by atoms with Gasteiger partial charge in [-0.3, -0.25) is 24.0 Å². The van der Waals surface area contributed by atoms with E-state index in [9.17, 15) is 19.2 Å². The maximum atomic E-state index is 12.9. The van der Waals surface area contributed by atoms with Gasteiger partial charge < -0.3 is 14.4 Å². The molecule has 1 fully saturated rings. The summed E-state index contributed by atoms with van der Waals surface area (Å²) in [4.78, 5) is 50.1. The lowest BCUT2D eigenvalue weighted by molar-refractivity contribution is -0.135. The van der Waals surface area contributed by atoms with E-state index in [1.54, 1.807) is 23.6 Å². The van der Waals surface area contributed by atoms with Crippen LogP contribution in [0.5, 0.6) is 0 Å². The monoisotopic (exact) mass is 488 g/mol. The van der Waals surface area contributed by atoms with Gasteiger partial charge in [-0.25, -0.2) is 9.59 Å². The van der Waals surface area contributed by atoms with Crippen LogP contribution in [-0.2, 0) is 32.5 Å². The smallest absolute Gasteiger partial charge is 0.410 e. The Morgan fingerprint density at radius 2 is 1.86 bits per heavy atom. The SMILES string of the molecule is CN(CCCOCCCc1ccc2c(c1)n(C)c(=O)n2C1CCC(=O)NC1=O)C(=O)OC(C)(C)C. The number of amides is 3. The number of carbonyl (C=O) groups is 3. The molecular weight excluding hydrogens is 452 g/mol. The van der Waals surface area contributed by atoms with E-state index in [-0.39, 0.29) is 24.1 Å². The summed E-state index contributed by atoms with van der Waals surface area (Å²) in [5.41, 5.74) is 1.72. The van der Waals surface area contributed by atoms with E-state index in [4.69, 9.17) is 9.47 Å². The molecule has 1 aromatic heterocycles. The van der Waals surface area contributed by atoms with Gasteiger partial charge in [0.2, 0.25) is 11.8 Å². The zero-order valence-corrected chi connectivity index (χ0v) is 21.3. The minimum Gasteiger partial charge on any atom is -0.444 e. The fourth-order valence-electron chi connectivity index (χ4n) is 4.11. The number of hydrogen-bond donors (Lipinski definition) is 1. The number of imide groups is 1. The minimum atomic E-state index is -0.683. The second-order valence-electron chi connectivity index (χ2n) is 9.97. The van der Waals surface area contributed by atoms with Gasteiger partial charge in [0.25, 0.3) is 0 Å². The normalized spacial score (nSPS) is 16.4. The molecule has 1 atom stereocenters. The third-order valence-corrected chi connectivity index (χ3v) is 5.92. The molecule has 0 radical (unpaired) electrons. The van der Waals surface area contributed by atoms with Crippen LogP contribution >= 0.6 is 0 Å². The van der Waals surface area contributed by atoms with Crippen molar-refractivity contribution in [2.75, 3.05) is 26.8 Å². The van der Waals surface area contributed by atoms with E-state index in [1.165, 1.54) is 4.57 Å². The molecule has 0 spiro atoms. The number of fused-ring (bicyclic) bond motifs is 1. The van der Waals surface area contributed by atoms with Crippen LogP contribution in [0.25, 0.3) is 11.0 Å². The number of rotatable bonds is 9. The molecule has 35 heavy (non-hydrogen) atoms. The van der Waals surface area contributed by atoms with Gasteiger partial charge >= 0.3 is 11.8 Å². The van der Waals surface area contributed by atoms with E-state index in [2.05, 4.69) is 5.32 Å². The number of ether oxygens (including phenoxy) is 2. The van der Waals surface area contributed by atoms with Crippen LogP contribution in [0.2, 0.25) is 0 Å². The number of nitrogens with zero attached hydrogens (tertiary/aromatic N) is 3. The Kier molecular flexibility index (Phi) is 8.37. The fraction of sp³-hybridized carbons (Fsp3) is 0.600. The average molecular weight is 489 g/mol. The summed E-state index contributed by atoms with van der Waals surface area (Å²) >= 11 is 0. The van der Waals surface area contributed by atoms with Gasteiger partial charge in [-0.2, -0.15) is 0 Å². The molecule has 0 saturated carbocycles. The molecule has 2 aromatic rings. The minimum absolute atomic E-state index is 0.217. The largest absolute Gasteiger partial charge is 0.444 e. The van der Waals surface area contributed by atoms with Crippen molar-refractivity contribution in [1.29, 1.82) is 0 Å². The molecule has 10 heteroatoms. The molecule has 0 bridgehead atoms. The van der Waals surface area contributed by atoms with Crippen LogP contribution in [0, 0.1) is 0 Å². The van der Waals surface area contributed by atoms with E-state index >= 15 is 0 Å². The Labute approximate surface area is 205 Å². The summed E-state index contributed by atoms with van der Waals surface area (Å²) < 4.78 is 14.1. The molecule has 1 saturated heterocycles. The Hall–Kier alpha value is -3.14. The van der Waals surface area contributed by atoms with Gasteiger partial charge in [-0.05, 0) is 64.2 Å². The molecule has 2 heterocycles. The molecule has 0 aliphatic carbocycles. The highest BCUT2D eigenvalue weighted by Gasteiger charge is 2.31. The number of imidazole rings is 1. The fourth-order valence-corrected chi connectivity index (χ4v) is 4.11. The Bertz CT molecular complexity index is 1140. The summed E-state index contributed by atoms with van der Waals surface area (Å²) in [5.74, 6) is -0.742. The summed E-state index contributed by atoms with van der Waals surface area (Å²) in [6, 6.07) is 5.11. The number of aromatic nitrogens is 2. The number of piperidine rings is 1. The lowest BCUT2D eigenvalue weighted by atomic mass is 10.1. The molecule has 3 rings (SSSR count). The van der Waals surface area contributed by atoms with Crippen molar-refractivity contribution < 1.29 is 23.9 Å². The number of benzene rings is 1. The maximum Gasteiger partial charge on any atom is 0.410 e. The van der Waals surface area contributed by atoms with Crippen LogP contribution < -0.4 is 11.0 Å². The summed E-state index contributed by atoms with van der Waals surface area (Å²) in [6.45, 7) is 7.22. The summed E-state index contributed by atoms with van der Waals surface area (Å²) in [6.07, 6.45) is 2.51. The van der Waals surface area contributed by atoms with Crippen LogP contribution in [0.1, 0.15) is 58.1 Å². The van der Waals surface area contributed by atoms with E-state index in [0.717, 1.165) is 30.3 Å². The Morgan fingerprint density at radius 3 is 2.54 bits per heavy atom. The molecule has 1 N–H and O–H groups in total. The summed E-state index contributed by atoms with van der Waals surface area (Å²) in [7, 11) is 3.40. The van der Waals surface area contributed by atoms with Crippen LogP contribution in [0.15, 0.2) is 23.0 Å². The van der Waals surface area contributed by atoms with Gasteiger partial charge in [-0.1, -0.05) is 6.07 Å². The third-order valence-electron chi connectivity index (χ3n) is 5.92. The molecular formula is C25H36N4O6. The van der Waals surface area contributed by atoms with E-state index in [0.29, 0.717) is 31.7 Å². The van der Waals surface area contributed by atoms with Crippen molar-refractivity contribution in [1.82, 2.24) is 19.4 Å². The van der Waals surface area contributed by atoms with Crippen molar-refractivity contribution in [3.63, 3.8) is 0 Å². The second kappa shape index (κ2) is 11.1. The molecule has 10 nitrogen and oxygen atoms in total. The highest BCUT2D eigenvalue weighted by atomic mass is 16.6. The molecule has 1 aromatic carbocycles. The Balaban J connectivity index is 1.48. The number of hydrogen-bond acceptors (Lipinski definition) is 6. The quantitative estimate of drug-likeness (QED) is 0.429. The molecule has 192 valence electrons. The van der Waals surface area contributed by atoms with E-state index < -0.39 is 17.6 Å². The number of aryl methyl sites for hydroxylation is 2. The standard InChI is InChI=1S/C25H36N4O6/c1-25(2,3)35-24(33)27(4)13-7-15-34-14-6-8-17-9-10-18-20(16-17)28(5)23(32)29(18)19-11-12-21(30)26-22(19)31/h9-10,16,19H,6-8,11-15H2,1-5H3,(H,26,30,31). The van der Waals surface area contributed by atoms with Gasteiger partial charge in [-0.15, -0.1) is 0 Å². The van der Waals surface area contributed by atoms with Crippen molar-refractivity contribution in [3.8, 4) is 0 Å². The lowest BCUT2D eigenvalue weighted by Crippen LogP contribution is -2.44. The summed E-state index contributed by atoms with van der Waals surface area (Å²) in [5, 5.41) is 2.32. The van der Waals surface area contributed by atoms with Gasteiger partial charge in [0.1, 0.15) is 11.6 Å². The van der Waals surface area contributed by atoms with Crippen LogP contribution in [0.4, 0.5) is 4.79 Å². The molecule has 1 aliphatic heterocycles. The second-order valence-corrected chi connectivity index (χ2v) is 9.97. The average Bonchev–Trinajstić information content (AvgIpc) is 3.02. The number of carbonyl (C=O) groups excluding carboxylic acids is 3. The topological polar surface area (TPSA) is 112 Å². The highest BCUT2D eigenvalue weighted by molar-refractivity contribution is 6.00. The predicted octanol–water partition coefficient (Wildman–Crippen LogP) is 2.52. The van der Waals surface area contributed by atoms with Gasteiger partial charge in [0.05, 0.1) is 11.0 Å². The predicted molar refractivity (Wildman–Crippen MR) is 131 cm³/mol. The molecule has 3 amide bonds. The van der Waals surface area contributed by atoms with Crippen molar-refractivity contribution in [3.05, 3.63) is 34.2 Å². The highest BCUT2D eigenvalue weighted by Crippen LogP contribution is 2.24. The first-order valence-corrected chi connectivity index (χ1v) is 12.0. The van der Waals surface area contributed by atoms with Crippen molar-refractivity contribution in [2.45, 2.75) is 64.5 Å². The van der Waals surface area contributed by atoms with E-state index in [1.807, 2.05) is 39.0 Å². The van der Waals surface area contributed by atoms with Gasteiger partial charge in [0.15, 0.2) is 0 Å². The van der Waals surface area contributed by atoms with Crippen molar-refractivity contribution in [2.24, 2.45) is 7.05 Å². The number of nitrogens with one attached hydrogen (secondary N) is 1. The maximum absolute atomic E-state index is 12.9. The first kappa shape index (κ1) is 26.5. The zero-order chi connectivity index (χ0) is 25.8. The zero-order valence-electron chi connectivity index (χ0n) is 21.3. The lowest BCUT2D eigenvalue weighted by Gasteiger charge is -2.24. The van der Waals surface area contributed by atoms with Crippen LogP contribution in [0.3, 0.4) is 0 Å². The third kappa shape index (κ3) is 6.72. The van der Waals surface area contributed by atoms with Crippen molar-refractivity contribution >= 4 is 28.9 Å². The molecule has 1 aliphatic rings. The first-order chi connectivity index (χ1) is 16.5. The van der Waals surface area contributed by atoms with Crippen LogP contribution in [-0.4, -0.2) is 64.3 Å².